The third-order valence-corrected chi connectivity index (χ3v) is 3.19. The average molecular weight is 282 g/mol. The number of rotatable bonds is 6. The number of aldehydes is 1. The van der Waals surface area contributed by atoms with E-state index in [-0.39, 0.29) is 29.0 Å². The molecule has 0 bridgehead atoms. The van der Waals surface area contributed by atoms with E-state index in [1.807, 2.05) is 13.8 Å². The number of nitrogens with one attached hydrogen (secondary N) is 1. The topological polar surface area (TPSA) is 89.3 Å². The third-order valence-electron chi connectivity index (χ3n) is 2.12. The first kappa shape index (κ1) is 15.2. The van der Waals surface area contributed by atoms with Crippen LogP contribution in [0.2, 0.25) is 0 Å². The van der Waals surface area contributed by atoms with Gasteiger partial charge >= 0.3 is 0 Å². The van der Waals surface area contributed by atoms with E-state index in [1.165, 1.54) is 18.2 Å². The molecule has 102 valence electrons. The van der Waals surface area contributed by atoms with Crippen molar-refractivity contribution in [2.75, 3.05) is 5.75 Å². The molecule has 1 N–H and O–H groups in total. The summed E-state index contributed by atoms with van der Waals surface area (Å²) in [6.45, 7) is 3.67. The van der Waals surface area contributed by atoms with Crippen LogP contribution in [-0.2, 0) is 4.79 Å². The molecule has 1 amide bonds. The lowest BCUT2D eigenvalue weighted by Crippen LogP contribution is -2.31. The molecule has 0 saturated carbocycles. The third kappa shape index (κ3) is 4.70. The number of nitrogens with zero attached hydrogens (tertiary/aromatic N) is 1. The van der Waals surface area contributed by atoms with Crippen molar-refractivity contribution < 1.29 is 14.5 Å². The van der Waals surface area contributed by atoms with Crippen LogP contribution in [0.25, 0.3) is 0 Å². The number of hydrogen-bond donors (Lipinski definition) is 1. The number of carbonyl (C=O) groups is 2. The Hall–Kier alpha value is -1.89. The molecule has 0 aliphatic carbocycles. The molecule has 0 saturated heterocycles. The first-order valence-corrected chi connectivity index (χ1v) is 6.58. The normalized spacial score (nSPS) is 10.3. The largest absolute Gasteiger partial charge is 0.353 e. The maximum absolute atomic E-state index is 11.5. The van der Waals surface area contributed by atoms with Crippen LogP contribution < -0.4 is 5.32 Å². The van der Waals surface area contributed by atoms with Crippen molar-refractivity contribution in [3.05, 3.63) is 33.9 Å². The van der Waals surface area contributed by atoms with Crippen molar-refractivity contribution in [1.29, 1.82) is 0 Å². The summed E-state index contributed by atoms with van der Waals surface area (Å²) in [5.74, 6) is -0.0896. The van der Waals surface area contributed by atoms with E-state index in [0.717, 1.165) is 11.8 Å². The quantitative estimate of drug-likeness (QED) is 0.373. The van der Waals surface area contributed by atoms with Crippen molar-refractivity contribution in [1.82, 2.24) is 5.32 Å². The molecule has 6 nitrogen and oxygen atoms in total. The van der Waals surface area contributed by atoms with Gasteiger partial charge in [0.15, 0.2) is 0 Å². The Labute approximate surface area is 114 Å². The summed E-state index contributed by atoms with van der Waals surface area (Å²) in [5.41, 5.74) is 0.0784. The van der Waals surface area contributed by atoms with Crippen molar-refractivity contribution in [2.45, 2.75) is 24.8 Å². The number of thioether (sulfide) groups is 1. The lowest BCUT2D eigenvalue weighted by molar-refractivity contribution is -0.387. The number of carbonyl (C=O) groups excluding carboxylic acids is 2. The van der Waals surface area contributed by atoms with Gasteiger partial charge in [0.05, 0.1) is 15.6 Å². The molecule has 1 aromatic rings. The monoisotopic (exact) mass is 282 g/mol. The van der Waals surface area contributed by atoms with E-state index < -0.39 is 4.92 Å². The van der Waals surface area contributed by atoms with Crippen LogP contribution >= 0.6 is 11.8 Å². The number of amides is 1. The Morgan fingerprint density at radius 3 is 2.74 bits per heavy atom. The van der Waals surface area contributed by atoms with Gasteiger partial charge in [-0.3, -0.25) is 19.7 Å². The average Bonchev–Trinajstić information content (AvgIpc) is 2.35. The van der Waals surface area contributed by atoms with E-state index in [0.29, 0.717) is 11.2 Å². The Morgan fingerprint density at radius 2 is 2.21 bits per heavy atom. The molecule has 19 heavy (non-hydrogen) atoms. The van der Waals surface area contributed by atoms with Crippen LogP contribution in [-0.4, -0.2) is 28.9 Å². The zero-order chi connectivity index (χ0) is 14.4. The Kier molecular flexibility index (Phi) is 5.50. The van der Waals surface area contributed by atoms with Crippen LogP contribution in [0.3, 0.4) is 0 Å². The van der Waals surface area contributed by atoms with Crippen LogP contribution in [0.5, 0.6) is 0 Å². The highest BCUT2D eigenvalue weighted by molar-refractivity contribution is 8.00. The fourth-order valence-corrected chi connectivity index (χ4v) is 2.19. The zero-order valence-electron chi connectivity index (χ0n) is 10.6. The molecule has 0 aliphatic rings. The smallest absolute Gasteiger partial charge is 0.283 e. The van der Waals surface area contributed by atoms with Gasteiger partial charge < -0.3 is 5.32 Å². The van der Waals surface area contributed by atoms with E-state index >= 15 is 0 Å². The molecule has 0 heterocycles. The molecule has 0 aliphatic heterocycles. The highest BCUT2D eigenvalue weighted by Crippen LogP contribution is 2.29. The van der Waals surface area contributed by atoms with Gasteiger partial charge in [-0.1, -0.05) is 6.07 Å². The Morgan fingerprint density at radius 1 is 1.53 bits per heavy atom. The van der Waals surface area contributed by atoms with E-state index in [1.54, 1.807) is 0 Å². The lowest BCUT2D eigenvalue weighted by Gasteiger charge is -2.08. The van der Waals surface area contributed by atoms with Crippen LogP contribution in [0.15, 0.2) is 23.1 Å². The first-order chi connectivity index (χ1) is 8.93. The Balaban J connectivity index is 2.80. The highest BCUT2D eigenvalue weighted by atomic mass is 32.2. The molecule has 0 unspecified atom stereocenters. The van der Waals surface area contributed by atoms with Gasteiger partial charge in [0.2, 0.25) is 5.91 Å². The fraction of sp³-hybridized carbons (Fsp3) is 0.333. The summed E-state index contributed by atoms with van der Waals surface area (Å²) in [7, 11) is 0. The van der Waals surface area contributed by atoms with Gasteiger partial charge in [-0.15, -0.1) is 11.8 Å². The van der Waals surface area contributed by atoms with Gasteiger partial charge in [-0.25, -0.2) is 0 Å². The van der Waals surface area contributed by atoms with Gasteiger partial charge in [0.1, 0.15) is 6.29 Å². The van der Waals surface area contributed by atoms with E-state index in [2.05, 4.69) is 5.32 Å². The van der Waals surface area contributed by atoms with Gasteiger partial charge in [-0.2, -0.15) is 0 Å². The van der Waals surface area contributed by atoms with Gasteiger partial charge in [0, 0.05) is 17.7 Å². The van der Waals surface area contributed by atoms with Crippen molar-refractivity contribution in [3.63, 3.8) is 0 Å². The van der Waals surface area contributed by atoms with Crippen LogP contribution in [0.4, 0.5) is 5.69 Å². The van der Waals surface area contributed by atoms with Crippen molar-refractivity contribution >= 4 is 29.6 Å². The number of benzene rings is 1. The molecule has 1 aromatic carbocycles. The second kappa shape index (κ2) is 6.89. The molecule has 7 heteroatoms. The highest BCUT2D eigenvalue weighted by Gasteiger charge is 2.16. The number of nitro groups is 1. The lowest BCUT2D eigenvalue weighted by atomic mass is 10.2. The summed E-state index contributed by atoms with van der Waals surface area (Å²) < 4.78 is 0. The van der Waals surface area contributed by atoms with Crippen LogP contribution in [0.1, 0.15) is 24.2 Å². The minimum absolute atomic E-state index is 0.0283. The summed E-state index contributed by atoms with van der Waals surface area (Å²) >= 11 is 1.08. The number of nitro benzene ring substituents is 1. The first-order valence-electron chi connectivity index (χ1n) is 5.60. The van der Waals surface area contributed by atoms with Crippen molar-refractivity contribution in [2.24, 2.45) is 0 Å². The molecule has 0 aromatic heterocycles. The number of hydrogen-bond acceptors (Lipinski definition) is 5. The fourth-order valence-electron chi connectivity index (χ4n) is 1.38. The standard InChI is InChI=1S/C12H14N2O4S/c1-8(2)13-12(16)7-19-11-4-3-9(6-15)5-10(11)14(17)18/h3-6,8H,7H2,1-2H3,(H,13,16). The molecule has 1 rings (SSSR count). The second-order valence-corrected chi connectivity index (χ2v) is 5.13. The molecule has 0 atom stereocenters. The molecule has 0 fully saturated rings. The minimum Gasteiger partial charge on any atom is -0.353 e. The van der Waals surface area contributed by atoms with Crippen molar-refractivity contribution in [3.8, 4) is 0 Å². The minimum atomic E-state index is -0.560. The maximum Gasteiger partial charge on any atom is 0.283 e. The van der Waals surface area contributed by atoms with E-state index in [4.69, 9.17) is 0 Å². The zero-order valence-corrected chi connectivity index (χ0v) is 11.4. The summed E-state index contributed by atoms with van der Waals surface area (Å²) in [5, 5.41) is 13.6. The predicted molar refractivity (Wildman–Crippen MR) is 72.5 cm³/mol. The SMILES string of the molecule is CC(C)NC(=O)CSc1ccc(C=O)cc1[N+](=O)[O-]. The summed E-state index contributed by atoms with van der Waals surface area (Å²) in [6, 6.07) is 4.20. The Bertz CT molecular complexity index is 503. The second-order valence-electron chi connectivity index (χ2n) is 4.11. The molecular formula is C12H14N2O4S. The van der Waals surface area contributed by atoms with Crippen LogP contribution in [0, 0.1) is 10.1 Å². The maximum atomic E-state index is 11.5. The summed E-state index contributed by atoms with van der Waals surface area (Å²) in [4.78, 5) is 32.8. The van der Waals surface area contributed by atoms with E-state index in [9.17, 15) is 19.7 Å². The molecular weight excluding hydrogens is 268 g/mol. The predicted octanol–water partition coefficient (Wildman–Crippen LogP) is 2.02. The molecule has 0 radical (unpaired) electrons. The molecule has 0 spiro atoms. The van der Waals surface area contributed by atoms with Gasteiger partial charge in [0.25, 0.3) is 5.69 Å². The van der Waals surface area contributed by atoms with Gasteiger partial charge in [-0.05, 0) is 19.9 Å². The summed E-state index contributed by atoms with van der Waals surface area (Å²) in [6.07, 6.45) is 0.549.